The van der Waals surface area contributed by atoms with Gasteiger partial charge in [0.25, 0.3) is 0 Å². The summed E-state index contributed by atoms with van der Waals surface area (Å²) < 4.78 is 10.8. The first-order chi connectivity index (χ1) is 16.5. The molecule has 2 aromatic rings. The van der Waals surface area contributed by atoms with Gasteiger partial charge in [-0.05, 0) is 73.6 Å². The van der Waals surface area contributed by atoms with E-state index in [-0.39, 0.29) is 12.8 Å². The lowest BCUT2D eigenvalue weighted by molar-refractivity contribution is -0.144. The van der Waals surface area contributed by atoms with E-state index in [0.29, 0.717) is 17.9 Å². The molecule has 4 rings (SSSR count). The maximum Gasteiger partial charge on any atom is 0.311 e. The van der Waals surface area contributed by atoms with Crippen molar-refractivity contribution in [3.63, 3.8) is 0 Å². The fourth-order valence-electron chi connectivity index (χ4n) is 4.02. The highest BCUT2D eigenvalue weighted by Crippen LogP contribution is 2.30. The molecule has 0 atom stereocenters. The van der Waals surface area contributed by atoms with Gasteiger partial charge < -0.3 is 9.47 Å². The van der Waals surface area contributed by atoms with Crippen molar-refractivity contribution >= 4 is 11.9 Å². The van der Waals surface area contributed by atoms with E-state index in [1.807, 2.05) is 24.3 Å². The Morgan fingerprint density at radius 2 is 1.21 bits per heavy atom. The van der Waals surface area contributed by atoms with Crippen molar-refractivity contribution in [3.8, 4) is 16.9 Å². The molecular weight excluding hydrogens is 424 g/mol. The summed E-state index contributed by atoms with van der Waals surface area (Å²) in [6.07, 6.45) is 12.0. The van der Waals surface area contributed by atoms with Crippen LogP contribution in [-0.2, 0) is 14.3 Å². The van der Waals surface area contributed by atoms with Crippen LogP contribution in [0.5, 0.6) is 5.75 Å². The predicted molar refractivity (Wildman–Crippen MR) is 134 cm³/mol. The van der Waals surface area contributed by atoms with Crippen LogP contribution < -0.4 is 4.74 Å². The molecule has 4 nitrogen and oxygen atoms in total. The van der Waals surface area contributed by atoms with Crippen LogP contribution in [0.4, 0.5) is 0 Å². The lowest BCUT2D eigenvalue weighted by atomic mass is 9.89. The molecule has 4 heteroatoms. The molecule has 0 saturated heterocycles. The summed E-state index contributed by atoms with van der Waals surface area (Å²) in [5.41, 5.74) is 7.43. The van der Waals surface area contributed by atoms with E-state index in [9.17, 15) is 9.59 Å². The van der Waals surface area contributed by atoms with Crippen molar-refractivity contribution in [2.75, 3.05) is 0 Å². The molecule has 0 spiro atoms. The summed E-state index contributed by atoms with van der Waals surface area (Å²) in [6.45, 7) is 4.20. The molecule has 0 N–H and O–H groups in total. The molecule has 34 heavy (non-hydrogen) atoms. The van der Waals surface area contributed by atoms with E-state index < -0.39 is 11.9 Å². The molecule has 0 aliphatic heterocycles. The lowest BCUT2D eigenvalue weighted by Gasteiger charge is -2.19. The molecule has 0 bridgehead atoms. The molecule has 174 valence electrons. The van der Waals surface area contributed by atoms with Crippen molar-refractivity contribution in [2.45, 2.75) is 52.4 Å². The first-order valence-corrected chi connectivity index (χ1v) is 11.8. The molecule has 0 heterocycles. The monoisotopic (exact) mass is 454 g/mol. The van der Waals surface area contributed by atoms with Gasteiger partial charge in [-0.3, -0.25) is 9.59 Å². The van der Waals surface area contributed by atoms with Crippen LogP contribution in [0.1, 0.15) is 51.0 Å². The highest BCUT2D eigenvalue weighted by Gasteiger charge is 2.16. The Hall–Kier alpha value is -3.66. The Morgan fingerprint density at radius 1 is 0.647 bits per heavy atom. The van der Waals surface area contributed by atoms with Crippen molar-refractivity contribution in [3.05, 3.63) is 101 Å². The van der Waals surface area contributed by atoms with Crippen LogP contribution >= 0.6 is 0 Å². The Labute approximate surface area is 201 Å². The SMILES string of the molecule is CC1=CC=C(C2=CC=C(OC(=O)CCC(=O)Oc3ccc(-c4ccc(C)cc4)cc3)CC2)CC1. The van der Waals surface area contributed by atoms with Crippen molar-refractivity contribution < 1.29 is 19.1 Å². The van der Waals surface area contributed by atoms with E-state index in [4.69, 9.17) is 9.47 Å². The molecule has 0 unspecified atom stereocenters. The summed E-state index contributed by atoms with van der Waals surface area (Å²) in [7, 11) is 0. The normalized spacial score (nSPS) is 15.5. The van der Waals surface area contributed by atoms with Gasteiger partial charge in [0.05, 0.1) is 12.8 Å². The van der Waals surface area contributed by atoms with Gasteiger partial charge in [0.2, 0.25) is 0 Å². The van der Waals surface area contributed by atoms with Crippen molar-refractivity contribution in [2.24, 2.45) is 0 Å². The molecule has 0 fully saturated rings. The lowest BCUT2D eigenvalue weighted by Crippen LogP contribution is -2.13. The smallest absolute Gasteiger partial charge is 0.311 e. The number of ether oxygens (including phenoxy) is 2. The van der Waals surface area contributed by atoms with Crippen molar-refractivity contribution in [1.29, 1.82) is 0 Å². The average Bonchev–Trinajstić information content (AvgIpc) is 2.85. The minimum Gasteiger partial charge on any atom is -0.431 e. The largest absolute Gasteiger partial charge is 0.431 e. The molecule has 2 aliphatic carbocycles. The van der Waals surface area contributed by atoms with Crippen LogP contribution in [-0.4, -0.2) is 11.9 Å². The van der Waals surface area contributed by atoms with Crippen LogP contribution in [0.15, 0.2) is 95.3 Å². The van der Waals surface area contributed by atoms with Crippen LogP contribution in [0, 0.1) is 6.92 Å². The van der Waals surface area contributed by atoms with Crippen molar-refractivity contribution in [1.82, 2.24) is 0 Å². The maximum absolute atomic E-state index is 12.2. The van der Waals surface area contributed by atoms with Crippen LogP contribution in [0.25, 0.3) is 11.1 Å². The molecule has 0 amide bonds. The van der Waals surface area contributed by atoms with E-state index in [1.54, 1.807) is 12.1 Å². The topological polar surface area (TPSA) is 52.6 Å². The molecule has 2 aliphatic rings. The quantitative estimate of drug-likeness (QED) is 0.329. The van der Waals surface area contributed by atoms with Gasteiger partial charge >= 0.3 is 11.9 Å². The summed E-state index contributed by atoms with van der Waals surface area (Å²) in [5.74, 6) is 0.249. The number of benzene rings is 2. The number of carbonyl (C=O) groups is 2. The van der Waals surface area contributed by atoms with Gasteiger partial charge in [0.15, 0.2) is 0 Å². The first kappa shape index (κ1) is 23.5. The fraction of sp³-hybridized carbons (Fsp3) is 0.267. The number of hydrogen-bond acceptors (Lipinski definition) is 4. The zero-order valence-electron chi connectivity index (χ0n) is 19.8. The van der Waals surface area contributed by atoms with Gasteiger partial charge in [-0.25, -0.2) is 0 Å². The number of carbonyl (C=O) groups excluding carboxylic acids is 2. The van der Waals surface area contributed by atoms with Crippen LogP contribution in [0.2, 0.25) is 0 Å². The summed E-state index contributed by atoms with van der Waals surface area (Å²) in [4.78, 5) is 24.4. The highest BCUT2D eigenvalue weighted by molar-refractivity contribution is 5.79. The minimum atomic E-state index is -0.451. The third-order valence-corrected chi connectivity index (χ3v) is 6.13. The summed E-state index contributed by atoms with van der Waals surface area (Å²) in [5, 5.41) is 0. The number of rotatable bonds is 7. The Kier molecular flexibility index (Phi) is 7.58. The Morgan fingerprint density at radius 3 is 1.76 bits per heavy atom. The summed E-state index contributed by atoms with van der Waals surface area (Å²) >= 11 is 0. The molecular formula is C30H30O4. The van der Waals surface area contributed by atoms with Crippen LogP contribution in [0.3, 0.4) is 0 Å². The Bertz CT molecular complexity index is 1180. The van der Waals surface area contributed by atoms with E-state index in [2.05, 4.69) is 50.3 Å². The zero-order valence-corrected chi connectivity index (χ0v) is 19.8. The van der Waals surface area contributed by atoms with E-state index in [1.165, 1.54) is 22.3 Å². The summed E-state index contributed by atoms with van der Waals surface area (Å²) in [6, 6.07) is 15.6. The third kappa shape index (κ3) is 6.44. The predicted octanol–water partition coefficient (Wildman–Crippen LogP) is 7.16. The third-order valence-electron chi connectivity index (χ3n) is 6.13. The van der Waals surface area contributed by atoms with Gasteiger partial charge in [-0.1, -0.05) is 65.8 Å². The number of allylic oxidation sites excluding steroid dienone is 8. The van der Waals surface area contributed by atoms with Gasteiger partial charge in [-0.15, -0.1) is 0 Å². The van der Waals surface area contributed by atoms with Gasteiger partial charge in [-0.2, -0.15) is 0 Å². The first-order valence-electron chi connectivity index (χ1n) is 11.8. The second-order valence-corrected chi connectivity index (χ2v) is 8.87. The standard InChI is InChI=1S/C30H30O4/c1-21-3-7-23(8-4-21)25-11-15-27(16-12-25)33-29(31)19-20-30(32)34-28-17-13-26(14-18-28)24-9-5-22(2)6-10-24/h3-5,7-9,11-13,15-17H,6,10,14,18-20H2,1-2H3. The number of aryl methyl sites for hydroxylation is 1. The second-order valence-electron chi connectivity index (χ2n) is 8.87. The molecule has 0 aromatic heterocycles. The van der Waals surface area contributed by atoms with Gasteiger partial charge in [0, 0.05) is 6.42 Å². The number of hydrogen-bond donors (Lipinski definition) is 0. The molecule has 0 radical (unpaired) electrons. The average molecular weight is 455 g/mol. The number of esters is 2. The highest BCUT2D eigenvalue weighted by atomic mass is 16.5. The van der Waals surface area contributed by atoms with E-state index in [0.717, 1.165) is 30.4 Å². The van der Waals surface area contributed by atoms with Gasteiger partial charge in [0.1, 0.15) is 11.5 Å². The maximum atomic E-state index is 12.2. The molecule has 0 saturated carbocycles. The molecule has 2 aromatic carbocycles. The minimum absolute atomic E-state index is 0.0105. The fourth-order valence-corrected chi connectivity index (χ4v) is 4.02. The second kappa shape index (κ2) is 11.0. The van der Waals surface area contributed by atoms with E-state index >= 15 is 0 Å². The zero-order chi connectivity index (χ0) is 23.9. The Balaban J connectivity index is 1.23.